The summed E-state index contributed by atoms with van der Waals surface area (Å²) in [4.78, 5) is 0. The standard InChI is InChI=1S/C11H10O3S.H3N/c12-15(13,14)8-10-6-3-5-9-4-1-2-7-11(9)10;/h1-7H,8H2,(H,12,13,14);1H3. The van der Waals surface area contributed by atoms with E-state index in [1.807, 2.05) is 30.3 Å². The van der Waals surface area contributed by atoms with E-state index in [0.717, 1.165) is 10.8 Å². The van der Waals surface area contributed by atoms with Gasteiger partial charge in [-0.2, -0.15) is 8.42 Å². The van der Waals surface area contributed by atoms with Crippen molar-refractivity contribution in [1.29, 1.82) is 0 Å². The van der Waals surface area contributed by atoms with E-state index < -0.39 is 10.1 Å². The zero-order chi connectivity index (χ0) is 10.9. The van der Waals surface area contributed by atoms with Crippen LogP contribution in [-0.2, 0) is 15.9 Å². The van der Waals surface area contributed by atoms with E-state index in [2.05, 4.69) is 0 Å². The third-order valence-electron chi connectivity index (χ3n) is 2.22. The molecule has 5 heteroatoms. The number of hydrogen-bond acceptors (Lipinski definition) is 3. The van der Waals surface area contributed by atoms with Crippen LogP contribution in [0, 0.1) is 0 Å². The summed E-state index contributed by atoms with van der Waals surface area (Å²) in [5, 5.41) is 1.83. The molecule has 4 nitrogen and oxygen atoms in total. The third-order valence-corrected chi connectivity index (χ3v) is 2.89. The predicted molar refractivity (Wildman–Crippen MR) is 64.2 cm³/mol. The smallest absolute Gasteiger partial charge is 0.269 e. The van der Waals surface area contributed by atoms with Gasteiger partial charge in [0, 0.05) is 0 Å². The Balaban J connectivity index is 0.00000128. The van der Waals surface area contributed by atoms with E-state index in [4.69, 9.17) is 4.55 Å². The van der Waals surface area contributed by atoms with Crippen LogP contribution in [0.3, 0.4) is 0 Å². The molecule has 0 saturated carbocycles. The van der Waals surface area contributed by atoms with Gasteiger partial charge >= 0.3 is 0 Å². The van der Waals surface area contributed by atoms with Crippen LogP contribution < -0.4 is 6.15 Å². The fourth-order valence-electron chi connectivity index (χ4n) is 1.61. The second-order valence-electron chi connectivity index (χ2n) is 3.36. The Kier molecular flexibility index (Phi) is 3.64. The van der Waals surface area contributed by atoms with Crippen LogP contribution in [0.15, 0.2) is 42.5 Å². The van der Waals surface area contributed by atoms with Gasteiger partial charge in [-0.05, 0) is 16.3 Å². The lowest BCUT2D eigenvalue weighted by Crippen LogP contribution is -2.01. The zero-order valence-corrected chi connectivity index (χ0v) is 9.44. The Hall–Kier alpha value is -1.43. The van der Waals surface area contributed by atoms with Crippen LogP contribution in [-0.4, -0.2) is 13.0 Å². The monoisotopic (exact) mass is 239 g/mol. The van der Waals surface area contributed by atoms with Gasteiger partial charge in [0.15, 0.2) is 0 Å². The molecule has 0 spiro atoms. The molecule has 0 aliphatic heterocycles. The maximum atomic E-state index is 10.8. The number of fused-ring (bicyclic) bond motifs is 1. The van der Waals surface area contributed by atoms with E-state index in [1.165, 1.54) is 0 Å². The summed E-state index contributed by atoms with van der Waals surface area (Å²) in [5.74, 6) is -0.339. The predicted octanol–water partition coefficient (Wildman–Crippen LogP) is 2.39. The Morgan fingerprint density at radius 2 is 1.62 bits per heavy atom. The highest BCUT2D eigenvalue weighted by molar-refractivity contribution is 7.85. The lowest BCUT2D eigenvalue weighted by molar-refractivity contribution is 0.482. The van der Waals surface area contributed by atoms with Crippen molar-refractivity contribution in [3.63, 3.8) is 0 Å². The van der Waals surface area contributed by atoms with E-state index in [9.17, 15) is 8.42 Å². The van der Waals surface area contributed by atoms with Gasteiger partial charge in [0.25, 0.3) is 10.1 Å². The highest BCUT2D eigenvalue weighted by Crippen LogP contribution is 2.19. The van der Waals surface area contributed by atoms with Crippen molar-refractivity contribution in [1.82, 2.24) is 6.15 Å². The number of benzene rings is 2. The van der Waals surface area contributed by atoms with Gasteiger partial charge in [-0.25, -0.2) is 0 Å². The maximum Gasteiger partial charge on any atom is 0.269 e. The number of hydrogen-bond donors (Lipinski definition) is 2. The van der Waals surface area contributed by atoms with Crippen LogP contribution in [0.2, 0.25) is 0 Å². The lowest BCUT2D eigenvalue weighted by atomic mass is 10.1. The SMILES string of the molecule is N.O=S(=O)(O)Cc1cccc2ccccc12. The molecule has 86 valence electrons. The molecule has 0 aromatic heterocycles. The summed E-state index contributed by atoms with van der Waals surface area (Å²) in [6, 6.07) is 12.9. The lowest BCUT2D eigenvalue weighted by Gasteiger charge is -2.03. The quantitative estimate of drug-likeness (QED) is 0.787. The van der Waals surface area contributed by atoms with Crippen molar-refractivity contribution >= 4 is 20.9 Å². The fourth-order valence-corrected chi connectivity index (χ4v) is 2.26. The third kappa shape index (κ3) is 2.79. The Labute approximate surface area is 94.2 Å². The maximum absolute atomic E-state index is 10.8. The summed E-state index contributed by atoms with van der Waals surface area (Å²) in [5.41, 5.74) is 0.621. The highest BCUT2D eigenvalue weighted by atomic mass is 32.2. The topological polar surface area (TPSA) is 89.4 Å². The first kappa shape index (κ1) is 12.6. The van der Waals surface area contributed by atoms with E-state index in [1.54, 1.807) is 12.1 Å². The van der Waals surface area contributed by atoms with Gasteiger partial charge in [-0.15, -0.1) is 0 Å². The summed E-state index contributed by atoms with van der Waals surface area (Å²) in [7, 11) is -3.97. The average molecular weight is 239 g/mol. The zero-order valence-electron chi connectivity index (χ0n) is 8.63. The molecule has 0 bridgehead atoms. The van der Waals surface area contributed by atoms with Crippen molar-refractivity contribution in [3.05, 3.63) is 48.0 Å². The molecule has 0 atom stereocenters. The molecule has 0 fully saturated rings. The van der Waals surface area contributed by atoms with Crippen molar-refractivity contribution in [2.45, 2.75) is 5.75 Å². The van der Waals surface area contributed by atoms with E-state index in [-0.39, 0.29) is 11.9 Å². The largest absolute Gasteiger partial charge is 0.344 e. The van der Waals surface area contributed by atoms with Gasteiger partial charge in [-0.1, -0.05) is 42.5 Å². The summed E-state index contributed by atoms with van der Waals surface area (Å²) in [6.07, 6.45) is 0. The fraction of sp³-hybridized carbons (Fsp3) is 0.0909. The second-order valence-corrected chi connectivity index (χ2v) is 4.82. The minimum atomic E-state index is -3.97. The molecule has 0 saturated heterocycles. The molecular formula is C11H13NO3S. The van der Waals surface area contributed by atoms with Gasteiger partial charge in [-0.3, -0.25) is 4.55 Å². The van der Waals surface area contributed by atoms with Crippen LogP contribution in [0.5, 0.6) is 0 Å². The van der Waals surface area contributed by atoms with Crippen molar-refractivity contribution < 1.29 is 13.0 Å². The van der Waals surface area contributed by atoms with Crippen molar-refractivity contribution in [2.75, 3.05) is 0 Å². The molecule has 4 N–H and O–H groups in total. The van der Waals surface area contributed by atoms with E-state index >= 15 is 0 Å². The van der Waals surface area contributed by atoms with Crippen molar-refractivity contribution in [2.24, 2.45) is 0 Å². The Morgan fingerprint density at radius 1 is 1.00 bits per heavy atom. The number of rotatable bonds is 2. The summed E-state index contributed by atoms with van der Waals surface area (Å²) in [6.45, 7) is 0. The second kappa shape index (κ2) is 4.61. The minimum absolute atomic E-state index is 0. The molecule has 0 aliphatic rings. The van der Waals surface area contributed by atoms with Crippen LogP contribution in [0.1, 0.15) is 5.56 Å². The Bertz CT molecular complexity index is 588. The molecule has 0 unspecified atom stereocenters. The molecule has 2 aromatic rings. The van der Waals surface area contributed by atoms with Gasteiger partial charge in [0.05, 0.1) is 0 Å². The minimum Gasteiger partial charge on any atom is -0.344 e. The van der Waals surface area contributed by atoms with Crippen molar-refractivity contribution in [3.8, 4) is 0 Å². The molecule has 2 aromatic carbocycles. The molecule has 0 aliphatic carbocycles. The average Bonchev–Trinajstić information content (AvgIpc) is 2.16. The van der Waals surface area contributed by atoms with Gasteiger partial charge in [0.2, 0.25) is 0 Å². The van der Waals surface area contributed by atoms with Crippen LogP contribution >= 0.6 is 0 Å². The molecule has 0 amide bonds. The molecular weight excluding hydrogens is 226 g/mol. The first-order chi connectivity index (χ1) is 7.06. The van der Waals surface area contributed by atoms with Gasteiger partial charge < -0.3 is 6.15 Å². The Morgan fingerprint density at radius 3 is 2.31 bits per heavy atom. The van der Waals surface area contributed by atoms with E-state index in [0.29, 0.717) is 5.56 Å². The highest BCUT2D eigenvalue weighted by Gasteiger charge is 2.08. The molecule has 0 heterocycles. The first-order valence-electron chi connectivity index (χ1n) is 4.48. The molecule has 2 rings (SSSR count). The molecule has 0 radical (unpaired) electrons. The van der Waals surface area contributed by atoms with Crippen LogP contribution in [0.4, 0.5) is 0 Å². The first-order valence-corrected chi connectivity index (χ1v) is 6.09. The summed E-state index contributed by atoms with van der Waals surface area (Å²) >= 11 is 0. The van der Waals surface area contributed by atoms with Crippen LogP contribution in [0.25, 0.3) is 10.8 Å². The summed E-state index contributed by atoms with van der Waals surface area (Å²) < 4.78 is 30.4. The van der Waals surface area contributed by atoms with Gasteiger partial charge in [0.1, 0.15) is 5.75 Å². The molecule has 16 heavy (non-hydrogen) atoms. The normalized spacial score (nSPS) is 11.1.